The first-order valence-corrected chi connectivity index (χ1v) is 8.84. The van der Waals surface area contributed by atoms with Crippen LogP contribution in [0.3, 0.4) is 0 Å². The van der Waals surface area contributed by atoms with E-state index in [1.54, 1.807) is 0 Å². The van der Waals surface area contributed by atoms with E-state index in [4.69, 9.17) is 31.8 Å². The fourth-order valence-electron chi connectivity index (χ4n) is 1.58. The number of esters is 1. The van der Waals surface area contributed by atoms with Gasteiger partial charge in [-0.3, -0.25) is 0 Å². The van der Waals surface area contributed by atoms with Crippen molar-refractivity contribution in [1.29, 1.82) is 0 Å². The maximum Gasteiger partial charge on any atom is 0.342 e. The molecule has 0 aliphatic heterocycles. The highest BCUT2D eigenvalue weighted by atomic mass is 35.7. The van der Waals surface area contributed by atoms with Gasteiger partial charge in [-0.25, -0.2) is 13.2 Å². The van der Waals surface area contributed by atoms with E-state index in [0.717, 1.165) is 6.07 Å². The molecule has 0 saturated heterocycles. The molecule has 0 saturated carbocycles. The van der Waals surface area contributed by atoms with Crippen LogP contribution in [-0.2, 0) is 13.8 Å². The lowest BCUT2D eigenvalue weighted by Crippen LogP contribution is -2.11. The van der Waals surface area contributed by atoms with Crippen LogP contribution in [0.2, 0.25) is 5.02 Å². The van der Waals surface area contributed by atoms with Gasteiger partial charge < -0.3 is 9.47 Å². The lowest BCUT2D eigenvalue weighted by atomic mass is 10.1. The zero-order valence-electron chi connectivity index (χ0n) is 11.9. The molecule has 0 unspecified atom stereocenters. The molecule has 0 atom stereocenters. The van der Waals surface area contributed by atoms with Crippen molar-refractivity contribution in [1.82, 2.24) is 0 Å². The van der Waals surface area contributed by atoms with E-state index >= 15 is 0 Å². The molecule has 0 aliphatic carbocycles. The lowest BCUT2D eigenvalue weighted by molar-refractivity contribution is 0.0484. The third kappa shape index (κ3) is 5.05. The SMILES string of the molecule is COc1c(C(=O)OCCC(C)C)cc(Cl)cc1S(=O)(=O)Cl. The second-order valence-corrected chi connectivity index (χ2v) is 7.71. The molecule has 8 heteroatoms. The minimum absolute atomic E-state index is 0.0471. The Balaban J connectivity index is 3.17. The highest BCUT2D eigenvalue weighted by molar-refractivity contribution is 8.13. The Morgan fingerprint density at radius 3 is 2.43 bits per heavy atom. The summed E-state index contributed by atoms with van der Waals surface area (Å²) < 4.78 is 33.1. The smallest absolute Gasteiger partial charge is 0.342 e. The van der Waals surface area contributed by atoms with Gasteiger partial charge in [0.15, 0.2) is 5.75 Å². The van der Waals surface area contributed by atoms with Gasteiger partial charge in [-0.2, -0.15) is 0 Å². The zero-order chi connectivity index (χ0) is 16.2. The van der Waals surface area contributed by atoms with E-state index in [2.05, 4.69) is 0 Å². The first-order chi connectivity index (χ1) is 9.66. The van der Waals surface area contributed by atoms with Crippen molar-refractivity contribution in [3.05, 3.63) is 22.7 Å². The van der Waals surface area contributed by atoms with Crippen LogP contribution in [0, 0.1) is 5.92 Å². The van der Waals surface area contributed by atoms with Crippen molar-refractivity contribution in [2.45, 2.75) is 25.2 Å². The molecule has 0 bridgehead atoms. The fraction of sp³-hybridized carbons (Fsp3) is 0.462. The van der Waals surface area contributed by atoms with E-state index in [1.807, 2.05) is 13.8 Å². The number of carbonyl (C=O) groups is 1. The molecule has 0 fully saturated rings. The molecular formula is C13H16Cl2O5S. The fourth-order valence-corrected chi connectivity index (χ4v) is 2.89. The van der Waals surface area contributed by atoms with E-state index < -0.39 is 15.0 Å². The van der Waals surface area contributed by atoms with Crippen molar-refractivity contribution in [2.75, 3.05) is 13.7 Å². The summed E-state index contributed by atoms with van der Waals surface area (Å²) in [5.41, 5.74) is -0.0759. The molecule has 0 spiro atoms. The van der Waals surface area contributed by atoms with Gasteiger partial charge in [0.05, 0.1) is 13.7 Å². The average Bonchev–Trinajstić information content (AvgIpc) is 2.36. The quantitative estimate of drug-likeness (QED) is 0.577. The molecule has 1 rings (SSSR count). The molecule has 21 heavy (non-hydrogen) atoms. The highest BCUT2D eigenvalue weighted by Gasteiger charge is 2.25. The van der Waals surface area contributed by atoms with E-state index in [0.29, 0.717) is 12.3 Å². The van der Waals surface area contributed by atoms with Gasteiger partial charge in [0.25, 0.3) is 9.05 Å². The third-order valence-corrected chi connectivity index (χ3v) is 4.18. The minimum atomic E-state index is -4.10. The molecule has 0 amide bonds. The van der Waals surface area contributed by atoms with Gasteiger partial charge in [0, 0.05) is 15.7 Å². The summed E-state index contributed by atoms with van der Waals surface area (Å²) >= 11 is 5.83. The van der Waals surface area contributed by atoms with Gasteiger partial charge in [-0.15, -0.1) is 0 Å². The van der Waals surface area contributed by atoms with Crippen LogP contribution in [-0.4, -0.2) is 28.1 Å². The van der Waals surface area contributed by atoms with Gasteiger partial charge >= 0.3 is 5.97 Å². The Bertz CT molecular complexity index is 626. The number of hydrogen-bond acceptors (Lipinski definition) is 5. The third-order valence-electron chi connectivity index (χ3n) is 2.63. The first kappa shape index (κ1) is 18.1. The molecule has 0 aliphatic rings. The Labute approximate surface area is 133 Å². The van der Waals surface area contributed by atoms with E-state index in [-0.39, 0.29) is 27.8 Å². The molecule has 0 aromatic heterocycles. The predicted octanol–water partition coefficient (Wildman–Crippen LogP) is 3.48. The Kier molecular flexibility index (Phi) is 6.31. The Morgan fingerprint density at radius 1 is 1.33 bits per heavy atom. The standard InChI is InChI=1S/C13H16Cl2O5S/c1-8(2)4-5-20-13(16)10-6-9(14)7-11(12(10)19-3)21(15,17)18/h6-8H,4-5H2,1-3H3. The van der Waals surface area contributed by atoms with Crippen LogP contribution in [0.4, 0.5) is 0 Å². The summed E-state index contributed by atoms with van der Waals surface area (Å²) in [6.45, 7) is 4.20. The molecule has 1 aromatic carbocycles. The molecule has 0 N–H and O–H groups in total. The number of ether oxygens (including phenoxy) is 2. The van der Waals surface area contributed by atoms with Crippen LogP contribution in [0.15, 0.2) is 17.0 Å². The second kappa shape index (κ2) is 7.33. The summed E-state index contributed by atoms with van der Waals surface area (Å²) in [6.07, 6.45) is 0.690. The van der Waals surface area contributed by atoms with E-state index in [9.17, 15) is 13.2 Å². The molecule has 5 nitrogen and oxygen atoms in total. The lowest BCUT2D eigenvalue weighted by Gasteiger charge is -2.12. The summed E-state index contributed by atoms with van der Waals surface area (Å²) in [6, 6.07) is 2.40. The Hall–Kier alpha value is -0.980. The summed E-state index contributed by atoms with van der Waals surface area (Å²) in [5, 5.41) is 0.0471. The van der Waals surface area contributed by atoms with Gasteiger partial charge in [0.1, 0.15) is 10.5 Å². The van der Waals surface area contributed by atoms with Crippen LogP contribution < -0.4 is 4.74 Å². The Morgan fingerprint density at radius 2 is 1.95 bits per heavy atom. The molecule has 1 aromatic rings. The number of hydrogen-bond donors (Lipinski definition) is 0. The first-order valence-electron chi connectivity index (χ1n) is 6.16. The summed E-state index contributed by atoms with van der Waals surface area (Å²) in [5.74, 6) is -0.515. The number of carbonyl (C=O) groups excluding carboxylic acids is 1. The number of methoxy groups -OCH3 is 1. The van der Waals surface area contributed by atoms with Gasteiger partial charge in [0.2, 0.25) is 0 Å². The maximum absolute atomic E-state index is 12.0. The van der Waals surface area contributed by atoms with Crippen LogP contribution in [0.25, 0.3) is 0 Å². The molecule has 118 valence electrons. The van der Waals surface area contributed by atoms with E-state index in [1.165, 1.54) is 13.2 Å². The molecular weight excluding hydrogens is 339 g/mol. The van der Waals surface area contributed by atoms with Crippen molar-refractivity contribution >= 4 is 37.3 Å². The van der Waals surface area contributed by atoms with Crippen molar-refractivity contribution in [3.8, 4) is 5.75 Å². The van der Waals surface area contributed by atoms with Crippen LogP contribution >= 0.6 is 22.3 Å². The summed E-state index contributed by atoms with van der Waals surface area (Å²) in [7, 11) is 2.45. The van der Waals surface area contributed by atoms with Crippen molar-refractivity contribution in [3.63, 3.8) is 0 Å². The normalized spacial score (nSPS) is 11.5. The maximum atomic E-state index is 12.0. The molecule has 0 radical (unpaired) electrons. The topological polar surface area (TPSA) is 69.7 Å². The van der Waals surface area contributed by atoms with Crippen molar-refractivity contribution < 1.29 is 22.7 Å². The van der Waals surface area contributed by atoms with Crippen LogP contribution in [0.5, 0.6) is 5.75 Å². The van der Waals surface area contributed by atoms with Crippen LogP contribution in [0.1, 0.15) is 30.6 Å². The average molecular weight is 355 g/mol. The highest BCUT2D eigenvalue weighted by Crippen LogP contribution is 2.34. The number of halogens is 2. The number of benzene rings is 1. The summed E-state index contributed by atoms with van der Waals surface area (Å²) in [4.78, 5) is 11.7. The van der Waals surface area contributed by atoms with Gasteiger partial charge in [-0.05, 0) is 24.5 Å². The van der Waals surface area contributed by atoms with Gasteiger partial charge in [-0.1, -0.05) is 25.4 Å². The van der Waals surface area contributed by atoms with Crippen molar-refractivity contribution in [2.24, 2.45) is 5.92 Å². The minimum Gasteiger partial charge on any atom is -0.494 e. The zero-order valence-corrected chi connectivity index (χ0v) is 14.2. The predicted molar refractivity (Wildman–Crippen MR) is 80.8 cm³/mol. The monoisotopic (exact) mass is 354 g/mol. The largest absolute Gasteiger partial charge is 0.494 e. The second-order valence-electron chi connectivity index (χ2n) is 4.74. The molecule has 0 heterocycles. The number of rotatable bonds is 6.